The molecule has 2 nitrogen and oxygen atoms in total. The molecule has 0 aliphatic heterocycles. The second-order valence-corrected chi connectivity index (χ2v) is 5.36. The summed E-state index contributed by atoms with van der Waals surface area (Å²) in [6, 6.07) is 15.9. The molecule has 0 bridgehead atoms. The zero-order valence-electron chi connectivity index (χ0n) is 10.5. The van der Waals surface area contributed by atoms with Crippen LogP contribution in [-0.4, -0.2) is 0 Å². The van der Waals surface area contributed by atoms with E-state index in [2.05, 4.69) is 44.0 Å². The van der Waals surface area contributed by atoms with E-state index in [1.165, 1.54) is 0 Å². The topological polar surface area (TPSA) is 47.6 Å². The normalized spacial score (nSPS) is 9.80. The fourth-order valence-corrected chi connectivity index (χ4v) is 2.91. The molecule has 0 aliphatic rings. The van der Waals surface area contributed by atoms with Gasteiger partial charge in [0.25, 0.3) is 0 Å². The van der Waals surface area contributed by atoms with Gasteiger partial charge >= 0.3 is 0 Å². The molecule has 2 aromatic carbocycles. The Labute approximate surface area is 134 Å². The predicted octanol–water partition coefficient (Wildman–Crippen LogP) is 4.89. The second kappa shape index (κ2) is 6.70. The smallest absolute Gasteiger partial charge is 0.0994 e. The Morgan fingerprint density at radius 2 is 1.15 bits per heavy atom. The molecule has 20 heavy (non-hydrogen) atoms. The van der Waals surface area contributed by atoms with Crippen molar-refractivity contribution in [3.05, 3.63) is 58.7 Å². The molecule has 0 unspecified atom stereocenters. The summed E-state index contributed by atoms with van der Waals surface area (Å²) >= 11 is 6.81. The van der Waals surface area contributed by atoms with Gasteiger partial charge in [0.15, 0.2) is 0 Å². The lowest BCUT2D eigenvalue weighted by Crippen LogP contribution is -1.90. The van der Waals surface area contributed by atoms with Crippen molar-refractivity contribution in [1.82, 2.24) is 0 Å². The van der Waals surface area contributed by atoms with Crippen LogP contribution in [0.1, 0.15) is 22.3 Å². The van der Waals surface area contributed by atoms with Crippen molar-refractivity contribution >= 4 is 31.9 Å². The molecule has 0 saturated heterocycles. The van der Waals surface area contributed by atoms with Crippen LogP contribution in [0.4, 0.5) is 0 Å². The molecule has 2 aromatic rings. The van der Waals surface area contributed by atoms with Crippen molar-refractivity contribution in [2.75, 3.05) is 0 Å². The average Bonchev–Trinajstić information content (AvgIpc) is 2.53. The molecule has 0 aromatic heterocycles. The summed E-state index contributed by atoms with van der Waals surface area (Å²) in [7, 11) is 0. The van der Waals surface area contributed by atoms with E-state index in [4.69, 9.17) is 10.5 Å². The van der Waals surface area contributed by atoms with Gasteiger partial charge < -0.3 is 0 Å². The highest BCUT2D eigenvalue weighted by Crippen LogP contribution is 2.26. The molecule has 0 fully saturated rings. The molecule has 0 aliphatic carbocycles. The number of hydrogen-bond donors (Lipinski definition) is 0. The quantitative estimate of drug-likeness (QED) is 0.701. The van der Waals surface area contributed by atoms with Crippen molar-refractivity contribution in [2.24, 2.45) is 0 Å². The summed E-state index contributed by atoms with van der Waals surface area (Å²) in [5, 5.41) is 19.4. The number of alkyl halides is 2. The Bertz CT molecular complexity index is 661. The van der Waals surface area contributed by atoms with Gasteiger partial charge in [0, 0.05) is 10.7 Å². The Kier molecular flexibility index (Phi) is 4.95. The molecule has 2 rings (SSSR count). The van der Waals surface area contributed by atoms with Crippen LogP contribution in [0.5, 0.6) is 0 Å². The fourth-order valence-electron chi connectivity index (χ4n) is 1.99. The lowest BCUT2D eigenvalue weighted by atomic mass is 9.97. The van der Waals surface area contributed by atoms with Gasteiger partial charge in [-0.05, 0) is 46.5 Å². The van der Waals surface area contributed by atoms with Gasteiger partial charge in [-0.25, -0.2) is 0 Å². The summed E-state index contributed by atoms with van der Waals surface area (Å²) in [6.45, 7) is 0. The minimum Gasteiger partial charge on any atom is -0.192 e. The van der Waals surface area contributed by atoms with Gasteiger partial charge in [-0.2, -0.15) is 10.5 Å². The maximum absolute atomic E-state index is 9.05. The van der Waals surface area contributed by atoms with Crippen LogP contribution in [0.2, 0.25) is 0 Å². The SMILES string of the molecule is N#Cc1ccc(-c2ccc(C#N)c(CBr)c2)cc1CBr. The van der Waals surface area contributed by atoms with Crippen molar-refractivity contribution in [3.8, 4) is 23.3 Å². The van der Waals surface area contributed by atoms with Crippen molar-refractivity contribution in [1.29, 1.82) is 10.5 Å². The van der Waals surface area contributed by atoms with Crippen LogP contribution >= 0.6 is 31.9 Å². The predicted molar refractivity (Wildman–Crippen MR) is 86.6 cm³/mol. The lowest BCUT2D eigenvalue weighted by molar-refractivity contribution is 1.35. The molecule has 0 spiro atoms. The average molecular weight is 390 g/mol. The summed E-state index contributed by atoms with van der Waals surface area (Å²) in [4.78, 5) is 0. The number of halogens is 2. The molecule has 98 valence electrons. The Morgan fingerprint density at radius 3 is 1.45 bits per heavy atom. The summed E-state index contributed by atoms with van der Waals surface area (Å²) < 4.78 is 0. The molecule has 0 atom stereocenters. The first-order chi connectivity index (χ1) is 9.73. The molecule has 0 N–H and O–H groups in total. The summed E-state index contributed by atoms with van der Waals surface area (Å²) in [5.74, 6) is 0. The standard InChI is InChI=1S/C16H10Br2N2/c17-7-15-5-11(1-3-13(15)9-19)12-2-4-14(10-20)16(6-12)8-18/h1-6H,7-8H2. The maximum atomic E-state index is 9.05. The highest BCUT2D eigenvalue weighted by molar-refractivity contribution is 9.08. The van der Waals surface area contributed by atoms with E-state index in [1.54, 1.807) is 0 Å². The molecule has 0 saturated carbocycles. The Balaban J connectivity index is 2.52. The van der Waals surface area contributed by atoms with E-state index in [9.17, 15) is 0 Å². The van der Waals surface area contributed by atoms with Crippen LogP contribution in [0.25, 0.3) is 11.1 Å². The van der Waals surface area contributed by atoms with Crippen LogP contribution in [0.15, 0.2) is 36.4 Å². The number of nitriles is 2. The van der Waals surface area contributed by atoms with E-state index in [-0.39, 0.29) is 0 Å². The van der Waals surface area contributed by atoms with E-state index in [0.29, 0.717) is 21.8 Å². The third-order valence-electron chi connectivity index (χ3n) is 3.07. The van der Waals surface area contributed by atoms with Gasteiger partial charge in [0.05, 0.1) is 23.3 Å². The van der Waals surface area contributed by atoms with Gasteiger partial charge in [-0.1, -0.05) is 44.0 Å². The summed E-state index contributed by atoms with van der Waals surface area (Å²) in [5.41, 5.74) is 5.39. The van der Waals surface area contributed by atoms with Crippen LogP contribution in [0, 0.1) is 22.7 Å². The van der Waals surface area contributed by atoms with Crippen molar-refractivity contribution in [3.63, 3.8) is 0 Å². The van der Waals surface area contributed by atoms with Gasteiger partial charge in [0.2, 0.25) is 0 Å². The largest absolute Gasteiger partial charge is 0.192 e. The number of nitrogens with zero attached hydrogens (tertiary/aromatic N) is 2. The Hall–Kier alpha value is -1.62. The van der Waals surface area contributed by atoms with Crippen molar-refractivity contribution in [2.45, 2.75) is 10.7 Å². The molecule has 0 radical (unpaired) electrons. The van der Waals surface area contributed by atoms with E-state index < -0.39 is 0 Å². The maximum Gasteiger partial charge on any atom is 0.0994 e. The molecular formula is C16H10Br2N2. The highest BCUT2D eigenvalue weighted by Gasteiger charge is 2.07. The van der Waals surface area contributed by atoms with E-state index in [1.807, 2.05) is 36.4 Å². The first-order valence-electron chi connectivity index (χ1n) is 5.91. The van der Waals surface area contributed by atoms with Crippen LogP contribution in [0.3, 0.4) is 0 Å². The fraction of sp³-hybridized carbons (Fsp3) is 0.125. The van der Waals surface area contributed by atoms with Crippen LogP contribution < -0.4 is 0 Å². The number of benzene rings is 2. The van der Waals surface area contributed by atoms with Crippen molar-refractivity contribution < 1.29 is 0 Å². The zero-order valence-corrected chi connectivity index (χ0v) is 13.7. The second-order valence-electron chi connectivity index (χ2n) is 4.23. The summed E-state index contributed by atoms with van der Waals surface area (Å²) in [6.07, 6.45) is 0. The highest BCUT2D eigenvalue weighted by atomic mass is 79.9. The first-order valence-corrected chi connectivity index (χ1v) is 8.16. The molecule has 4 heteroatoms. The lowest BCUT2D eigenvalue weighted by Gasteiger charge is -2.08. The van der Waals surface area contributed by atoms with Gasteiger partial charge in [0.1, 0.15) is 0 Å². The van der Waals surface area contributed by atoms with E-state index >= 15 is 0 Å². The third kappa shape index (κ3) is 2.93. The monoisotopic (exact) mass is 388 g/mol. The minimum atomic E-state index is 0.644. The van der Waals surface area contributed by atoms with E-state index in [0.717, 1.165) is 22.3 Å². The molecule has 0 amide bonds. The van der Waals surface area contributed by atoms with Gasteiger partial charge in [-0.3, -0.25) is 0 Å². The number of rotatable bonds is 3. The number of hydrogen-bond acceptors (Lipinski definition) is 2. The third-order valence-corrected chi connectivity index (χ3v) is 4.28. The van der Waals surface area contributed by atoms with Crippen LogP contribution in [-0.2, 0) is 10.7 Å². The Morgan fingerprint density at radius 1 is 0.750 bits per heavy atom. The first kappa shape index (κ1) is 14.8. The molecule has 0 heterocycles. The minimum absolute atomic E-state index is 0.644. The molecular weight excluding hydrogens is 380 g/mol. The zero-order chi connectivity index (χ0) is 14.5. The van der Waals surface area contributed by atoms with Gasteiger partial charge in [-0.15, -0.1) is 0 Å².